The summed E-state index contributed by atoms with van der Waals surface area (Å²) < 4.78 is 1.64. The molecule has 2 heterocycles. The molecule has 1 aliphatic rings. The van der Waals surface area contributed by atoms with Crippen molar-refractivity contribution in [3.63, 3.8) is 0 Å². The first kappa shape index (κ1) is 18.1. The summed E-state index contributed by atoms with van der Waals surface area (Å²) in [4.78, 5) is 31.0. The Morgan fingerprint density at radius 1 is 1.15 bits per heavy atom. The van der Waals surface area contributed by atoms with Gasteiger partial charge in [0.05, 0.1) is 22.0 Å². The lowest BCUT2D eigenvalue weighted by molar-refractivity contribution is 0.102. The standard InChI is InChI=1S/C21H18N2O2S2/c1-14-7-9-16(10-8-14)23-20(25)19-17(11-12-26-19)22-21(23)27-13-18(24)15-5-3-2-4-6-15/h2-10H,11-13H2,1H3. The summed E-state index contributed by atoms with van der Waals surface area (Å²) in [5.74, 6) is 1.15. The molecule has 0 aliphatic carbocycles. The van der Waals surface area contributed by atoms with E-state index in [1.807, 2.05) is 61.5 Å². The Morgan fingerprint density at radius 2 is 1.89 bits per heavy atom. The van der Waals surface area contributed by atoms with Gasteiger partial charge in [-0.1, -0.05) is 59.8 Å². The quantitative estimate of drug-likeness (QED) is 0.369. The Kier molecular flexibility index (Phi) is 5.18. The SMILES string of the molecule is Cc1ccc(-n2c(SCC(=O)c3ccccc3)nc3c(c2=O)SCC3)cc1. The molecule has 0 atom stereocenters. The van der Waals surface area contributed by atoms with Crippen LogP contribution in [0.2, 0.25) is 0 Å². The number of Topliss-reactive ketones (excluding diaryl/α,β-unsaturated/α-hetero) is 1. The minimum absolute atomic E-state index is 0.0279. The van der Waals surface area contributed by atoms with Crippen molar-refractivity contribution in [2.45, 2.75) is 23.4 Å². The average molecular weight is 395 g/mol. The highest BCUT2D eigenvalue weighted by Crippen LogP contribution is 2.30. The Labute approximate surface area is 166 Å². The highest BCUT2D eigenvalue weighted by Gasteiger charge is 2.23. The molecule has 4 rings (SSSR count). The van der Waals surface area contributed by atoms with Crippen LogP contribution in [-0.2, 0) is 6.42 Å². The number of hydrogen-bond acceptors (Lipinski definition) is 5. The van der Waals surface area contributed by atoms with Gasteiger partial charge in [-0.3, -0.25) is 14.2 Å². The monoisotopic (exact) mass is 394 g/mol. The van der Waals surface area contributed by atoms with E-state index in [1.54, 1.807) is 16.3 Å². The zero-order chi connectivity index (χ0) is 18.8. The van der Waals surface area contributed by atoms with Crippen LogP contribution in [0.15, 0.2) is 69.4 Å². The summed E-state index contributed by atoms with van der Waals surface area (Å²) in [5, 5.41) is 0.578. The van der Waals surface area contributed by atoms with Crippen LogP contribution >= 0.6 is 23.5 Å². The molecule has 6 heteroatoms. The molecule has 0 saturated carbocycles. The fraction of sp³-hybridized carbons (Fsp3) is 0.190. The van der Waals surface area contributed by atoms with Gasteiger partial charge in [-0.2, -0.15) is 0 Å². The maximum atomic E-state index is 13.1. The Balaban J connectivity index is 1.71. The molecule has 2 aromatic carbocycles. The number of ketones is 1. The predicted molar refractivity (Wildman–Crippen MR) is 110 cm³/mol. The van der Waals surface area contributed by atoms with Crippen LogP contribution in [0.4, 0.5) is 0 Å². The van der Waals surface area contributed by atoms with Crippen LogP contribution < -0.4 is 5.56 Å². The fourth-order valence-electron chi connectivity index (χ4n) is 2.95. The number of thioether (sulfide) groups is 2. The van der Waals surface area contributed by atoms with E-state index in [1.165, 1.54) is 11.8 Å². The number of carbonyl (C=O) groups excluding carboxylic acids is 1. The normalized spacial score (nSPS) is 12.8. The van der Waals surface area contributed by atoms with E-state index >= 15 is 0 Å². The summed E-state index contributed by atoms with van der Waals surface area (Å²) in [6.07, 6.45) is 0.796. The number of carbonyl (C=O) groups is 1. The lowest BCUT2D eigenvalue weighted by atomic mass is 10.2. The largest absolute Gasteiger partial charge is 0.293 e. The molecule has 0 radical (unpaired) electrons. The van der Waals surface area contributed by atoms with Gasteiger partial charge in [0.2, 0.25) is 0 Å². The van der Waals surface area contributed by atoms with Gasteiger partial charge in [0.25, 0.3) is 5.56 Å². The van der Waals surface area contributed by atoms with E-state index < -0.39 is 0 Å². The molecule has 3 aromatic rings. The van der Waals surface area contributed by atoms with Crippen molar-refractivity contribution in [2.75, 3.05) is 11.5 Å². The van der Waals surface area contributed by atoms with Crippen LogP contribution in [0.25, 0.3) is 5.69 Å². The van der Waals surface area contributed by atoms with Crippen LogP contribution in [0.3, 0.4) is 0 Å². The molecular weight excluding hydrogens is 376 g/mol. The first-order valence-corrected chi connectivity index (χ1v) is 10.7. The van der Waals surface area contributed by atoms with Crippen LogP contribution in [0.5, 0.6) is 0 Å². The van der Waals surface area contributed by atoms with E-state index in [9.17, 15) is 9.59 Å². The number of hydrogen-bond donors (Lipinski definition) is 0. The van der Waals surface area contributed by atoms with Crippen LogP contribution in [0, 0.1) is 6.92 Å². The molecule has 0 N–H and O–H groups in total. The molecule has 136 valence electrons. The van der Waals surface area contributed by atoms with Crippen molar-refractivity contribution in [3.8, 4) is 5.69 Å². The average Bonchev–Trinajstić information content (AvgIpc) is 3.17. The molecule has 0 bridgehead atoms. The van der Waals surface area contributed by atoms with Gasteiger partial charge in [-0.05, 0) is 19.1 Å². The molecular formula is C21H18N2O2S2. The van der Waals surface area contributed by atoms with Crippen LogP contribution in [0.1, 0.15) is 21.6 Å². The maximum absolute atomic E-state index is 13.1. The van der Waals surface area contributed by atoms with Crippen molar-refractivity contribution in [1.82, 2.24) is 9.55 Å². The molecule has 0 amide bonds. The molecule has 0 fully saturated rings. The first-order chi connectivity index (χ1) is 13.1. The zero-order valence-electron chi connectivity index (χ0n) is 14.8. The van der Waals surface area contributed by atoms with E-state index in [-0.39, 0.29) is 17.1 Å². The van der Waals surface area contributed by atoms with Gasteiger partial charge in [-0.25, -0.2) is 4.98 Å². The molecule has 0 unspecified atom stereocenters. The predicted octanol–water partition coefficient (Wildman–Crippen LogP) is 4.16. The van der Waals surface area contributed by atoms with Crippen molar-refractivity contribution < 1.29 is 4.79 Å². The van der Waals surface area contributed by atoms with Gasteiger partial charge in [-0.15, -0.1) is 11.8 Å². The van der Waals surface area contributed by atoms with Gasteiger partial charge in [0.15, 0.2) is 10.9 Å². The second-order valence-corrected chi connectivity index (χ2v) is 8.37. The van der Waals surface area contributed by atoms with E-state index in [4.69, 9.17) is 4.98 Å². The number of aryl methyl sites for hydroxylation is 2. The highest BCUT2D eigenvalue weighted by atomic mass is 32.2. The second kappa shape index (κ2) is 7.74. The summed E-state index contributed by atoms with van der Waals surface area (Å²) in [7, 11) is 0. The number of fused-ring (bicyclic) bond motifs is 1. The van der Waals surface area contributed by atoms with Crippen molar-refractivity contribution in [1.29, 1.82) is 0 Å². The number of aromatic nitrogens is 2. The third kappa shape index (κ3) is 3.73. The van der Waals surface area contributed by atoms with Crippen molar-refractivity contribution in [2.24, 2.45) is 0 Å². The topological polar surface area (TPSA) is 52.0 Å². The molecule has 1 aliphatic heterocycles. The lowest BCUT2D eigenvalue weighted by Gasteiger charge is -2.13. The van der Waals surface area contributed by atoms with Gasteiger partial charge < -0.3 is 0 Å². The smallest absolute Gasteiger partial charge is 0.272 e. The lowest BCUT2D eigenvalue weighted by Crippen LogP contribution is -2.24. The Morgan fingerprint density at radius 3 is 2.63 bits per heavy atom. The maximum Gasteiger partial charge on any atom is 0.272 e. The number of nitrogens with zero attached hydrogens (tertiary/aromatic N) is 2. The molecule has 1 aromatic heterocycles. The first-order valence-electron chi connectivity index (χ1n) is 8.70. The van der Waals surface area contributed by atoms with Gasteiger partial charge in [0.1, 0.15) is 0 Å². The number of rotatable bonds is 5. The van der Waals surface area contributed by atoms with Gasteiger partial charge in [0, 0.05) is 17.7 Å². The molecule has 0 saturated heterocycles. The summed E-state index contributed by atoms with van der Waals surface area (Å²) in [5.41, 5.74) is 3.39. The van der Waals surface area contributed by atoms with Crippen molar-refractivity contribution in [3.05, 3.63) is 81.8 Å². The van der Waals surface area contributed by atoms with E-state index in [0.717, 1.165) is 34.0 Å². The minimum atomic E-state index is -0.0407. The number of benzene rings is 2. The molecule has 4 nitrogen and oxygen atoms in total. The Bertz CT molecular complexity index is 1040. The van der Waals surface area contributed by atoms with E-state index in [0.29, 0.717) is 10.7 Å². The highest BCUT2D eigenvalue weighted by molar-refractivity contribution is 8.00. The molecule has 0 spiro atoms. The summed E-state index contributed by atoms with van der Waals surface area (Å²) in [6, 6.07) is 17.0. The summed E-state index contributed by atoms with van der Waals surface area (Å²) in [6.45, 7) is 2.01. The van der Waals surface area contributed by atoms with Crippen molar-refractivity contribution >= 4 is 29.3 Å². The minimum Gasteiger partial charge on any atom is -0.293 e. The van der Waals surface area contributed by atoms with Crippen LogP contribution in [-0.4, -0.2) is 26.8 Å². The molecule has 27 heavy (non-hydrogen) atoms. The third-order valence-electron chi connectivity index (χ3n) is 4.39. The third-order valence-corrected chi connectivity index (χ3v) is 6.43. The second-order valence-electron chi connectivity index (χ2n) is 6.32. The Hall–Kier alpha value is -2.31. The zero-order valence-corrected chi connectivity index (χ0v) is 16.5. The van der Waals surface area contributed by atoms with Gasteiger partial charge >= 0.3 is 0 Å². The summed E-state index contributed by atoms with van der Waals surface area (Å²) >= 11 is 2.89. The fourth-order valence-corrected chi connectivity index (χ4v) is 4.90. The van der Waals surface area contributed by atoms with E-state index in [2.05, 4.69) is 0 Å².